The Balaban J connectivity index is 1.74. The van der Waals surface area contributed by atoms with Gasteiger partial charge in [0.25, 0.3) is 0 Å². The molecule has 2 aromatic rings. The molecule has 0 saturated carbocycles. The third-order valence-electron chi connectivity index (χ3n) is 6.15. The van der Waals surface area contributed by atoms with Crippen molar-refractivity contribution < 1.29 is 27.8 Å². The van der Waals surface area contributed by atoms with Gasteiger partial charge in [0.1, 0.15) is 5.75 Å². The molecule has 0 bridgehead atoms. The second-order valence-corrected chi connectivity index (χ2v) is 8.23. The van der Waals surface area contributed by atoms with Crippen LogP contribution in [0.2, 0.25) is 0 Å². The average Bonchev–Trinajstić information content (AvgIpc) is 3.41. The van der Waals surface area contributed by atoms with Crippen LogP contribution in [0.1, 0.15) is 43.1 Å². The minimum Gasteiger partial charge on any atom is -0.463 e. The zero-order valence-electron chi connectivity index (χ0n) is 19.1. The molecule has 2 atom stereocenters. The lowest BCUT2D eigenvalue weighted by Crippen LogP contribution is -2.48. The molecule has 2 amide bonds. The van der Waals surface area contributed by atoms with E-state index < -0.39 is 24.7 Å². The van der Waals surface area contributed by atoms with Crippen LogP contribution in [0.5, 0.6) is 5.75 Å². The van der Waals surface area contributed by atoms with Gasteiger partial charge in [0.15, 0.2) is 0 Å². The standard InChI is InChI=1S/C24H28F2N4O4/c1-3-33-22(31)20-16(14-30-13-7-10-18(30)17-9-6-12-29(17)2)27-24(32)28-21(20)15-8-4-5-11-19(15)34-23(25)26/h4-6,8-9,11-12,18,21,23H,3,7,10,13-14H2,1-2H3,(H2,27,28,32). The van der Waals surface area contributed by atoms with Crippen LogP contribution in [0.3, 0.4) is 0 Å². The molecule has 0 radical (unpaired) electrons. The van der Waals surface area contributed by atoms with Crippen LogP contribution >= 0.6 is 0 Å². The average molecular weight is 475 g/mol. The van der Waals surface area contributed by atoms with Crippen molar-refractivity contribution in [1.82, 2.24) is 20.1 Å². The van der Waals surface area contributed by atoms with E-state index in [4.69, 9.17) is 4.74 Å². The number of nitrogens with zero attached hydrogens (tertiary/aromatic N) is 2. The van der Waals surface area contributed by atoms with Gasteiger partial charge in [-0.3, -0.25) is 4.90 Å². The zero-order valence-corrected chi connectivity index (χ0v) is 19.1. The summed E-state index contributed by atoms with van der Waals surface area (Å²) < 4.78 is 38.1. The maximum atomic E-state index is 13.1. The first-order valence-electron chi connectivity index (χ1n) is 11.3. The number of hydrogen-bond donors (Lipinski definition) is 2. The summed E-state index contributed by atoms with van der Waals surface area (Å²) in [4.78, 5) is 27.9. The van der Waals surface area contributed by atoms with E-state index >= 15 is 0 Å². The number of rotatable bonds is 8. The van der Waals surface area contributed by atoms with Crippen LogP contribution in [-0.2, 0) is 16.6 Å². The Labute approximate surface area is 196 Å². The van der Waals surface area contributed by atoms with Crippen molar-refractivity contribution in [2.75, 3.05) is 19.7 Å². The number of likely N-dealkylation sites (tertiary alicyclic amines) is 1. The summed E-state index contributed by atoms with van der Waals surface area (Å²) in [5.74, 6) is -0.745. The number of alkyl halides is 2. The summed E-state index contributed by atoms with van der Waals surface area (Å²) in [5.41, 5.74) is 1.95. The molecule has 3 heterocycles. The summed E-state index contributed by atoms with van der Waals surface area (Å²) in [6.45, 7) is -0.160. The van der Waals surface area contributed by atoms with E-state index in [-0.39, 0.29) is 29.5 Å². The maximum absolute atomic E-state index is 13.1. The Hall–Kier alpha value is -3.40. The third kappa shape index (κ3) is 4.91. The van der Waals surface area contributed by atoms with Gasteiger partial charge in [-0.2, -0.15) is 8.78 Å². The van der Waals surface area contributed by atoms with Crippen molar-refractivity contribution in [3.05, 3.63) is 65.1 Å². The van der Waals surface area contributed by atoms with E-state index in [9.17, 15) is 18.4 Å². The van der Waals surface area contributed by atoms with Gasteiger partial charge in [0, 0.05) is 36.7 Å². The topological polar surface area (TPSA) is 84.8 Å². The summed E-state index contributed by atoms with van der Waals surface area (Å²) in [5, 5.41) is 5.45. The van der Waals surface area contributed by atoms with Gasteiger partial charge in [-0.15, -0.1) is 0 Å². The lowest BCUT2D eigenvalue weighted by molar-refractivity contribution is -0.139. The van der Waals surface area contributed by atoms with Gasteiger partial charge >= 0.3 is 18.6 Å². The Morgan fingerprint density at radius 2 is 2.03 bits per heavy atom. The van der Waals surface area contributed by atoms with Crippen LogP contribution < -0.4 is 15.4 Å². The van der Waals surface area contributed by atoms with Crippen LogP contribution in [0.15, 0.2) is 53.9 Å². The van der Waals surface area contributed by atoms with Crippen molar-refractivity contribution in [3.63, 3.8) is 0 Å². The number of aromatic nitrogens is 1. The molecular formula is C24H28F2N4O4. The molecule has 10 heteroatoms. The molecular weight excluding hydrogens is 446 g/mol. The van der Waals surface area contributed by atoms with Gasteiger partial charge in [-0.05, 0) is 44.5 Å². The number of aryl methyl sites for hydroxylation is 1. The summed E-state index contributed by atoms with van der Waals surface area (Å²) in [7, 11) is 1.98. The first-order chi connectivity index (χ1) is 16.4. The molecule has 2 unspecified atom stereocenters. The quantitative estimate of drug-likeness (QED) is 0.571. The number of halogens is 2. The Morgan fingerprint density at radius 1 is 1.24 bits per heavy atom. The van der Waals surface area contributed by atoms with Crippen LogP contribution in [0, 0.1) is 0 Å². The highest BCUT2D eigenvalue weighted by Gasteiger charge is 2.37. The van der Waals surface area contributed by atoms with Crippen LogP contribution in [-0.4, -0.2) is 47.8 Å². The van der Waals surface area contributed by atoms with Gasteiger partial charge < -0.3 is 24.7 Å². The van der Waals surface area contributed by atoms with E-state index in [2.05, 4.69) is 30.9 Å². The predicted molar refractivity (Wildman–Crippen MR) is 120 cm³/mol. The number of para-hydroxylation sites is 1. The Morgan fingerprint density at radius 3 is 2.74 bits per heavy atom. The molecule has 0 aliphatic carbocycles. The van der Waals surface area contributed by atoms with Crippen molar-refractivity contribution in [3.8, 4) is 5.75 Å². The minimum absolute atomic E-state index is 0.117. The Kier molecular flexibility index (Phi) is 7.16. The number of hydrogen-bond acceptors (Lipinski definition) is 5. The number of carbonyl (C=O) groups excluding carboxylic acids is 2. The van der Waals surface area contributed by atoms with Crippen molar-refractivity contribution in [1.29, 1.82) is 0 Å². The van der Waals surface area contributed by atoms with E-state index in [1.54, 1.807) is 25.1 Å². The van der Waals surface area contributed by atoms with Crippen LogP contribution in [0.4, 0.5) is 13.6 Å². The third-order valence-corrected chi connectivity index (χ3v) is 6.15. The molecule has 1 aromatic heterocycles. The molecule has 0 spiro atoms. The lowest BCUT2D eigenvalue weighted by atomic mass is 9.94. The number of esters is 1. The van der Waals surface area contributed by atoms with E-state index in [0.29, 0.717) is 12.2 Å². The molecule has 34 heavy (non-hydrogen) atoms. The normalized spacial score (nSPS) is 20.9. The van der Waals surface area contributed by atoms with Gasteiger partial charge in [-0.25, -0.2) is 9.59 Å². The molecule has 2 N–H and O–H groups in total. The first kappa shape index (κ1) is 23.7. The number of urea groups is 1. The smallest absolute Gasteiger partial charge is 0.387 e. The molecule has 182 valence electrons. The predicted octanol–water partition coefficient (Wildman–Crippen LogP) is 3.63. The fraction of sp³-hybridized carbons (Fsp3) is 0.417. The molecule has 2 aliphatic rings. The summed E-state index contributed by atoms with van der Waals surface area (Å²) >= 11 is 0. The maximum Gasteiger partial charge on any atom is 0.387 e. The molecule has 1 fully saturated rings. The number of carbonyl (C=O) groups is 2. The van der Waals surface area contributed by atoms with E-state index in [1.165, 1.54) is 6.07 Å². The Bertz CT molecular complexity index is 1080. The molecule has 2 aliphatic heterocycles. The molecule has 1 saturated heterocycles. The lowest BCUT2D eigenvalue weighted by Gasteiger charge is -2.33. The highest BCUT2D eigenvalue weighted by atomic mass is 19.3. The highest BCUT2D eigenvalue weighted by Crippen LogP contribution is 2.37. The van der Waals surface area contributed by atoms with E-state index in [1.807, 2.05) is 19.3 Å². The number of nitrogens with one attached hydrogen (secondary N) is 2. The molecule has 8 nitrogen and oxygen atoms in total. The fourth-order valence-electron chi connectivity index (χ4n) is 4.72. The minimum atomic E-state index is -3.05. The van der Waals surface area contributed by atoms with Gasteiger partial charge in [-0.1, -0.05) is 18.2 Å². The second-order valence-electron chi connectivity index (χ2n) is 8.23. The largest absolute Gasteiger partial charge is 0.463 e. The fourth-order valence-corrected chi connectivity index (χ4v) is 4.72. The SMILES string of the molecule is CCOC(=O)C1=C(CN2CCCC2c2cccn2C)NC(=O)NC1c1ccccc1OC(F)F. The van der Waals surface area contributed by atoms with Crippen molar-refractivity contribution in [2.45, 2.75) is 38.5 Å². The number of ether oxygens (including phenoxy) is 2. The van der Waals surface area contributed by atoms with Crippen molar-refractivity contribution in [2.24, 2.45) is 7.05 Å². The second kappa shape index (κ2) is 10.3. The van der Waals surface area contributed by atoms with Gasteiger partial charge in [0.05, 0.1) is 24.3 Å². The monoisotopic (exact) mass is 474 g/mol. The summed E-state index contributed by atoms with van der Waals surface area (Å²) in [6, 6.07) is 8.74. The number of benzene rings is 1. The van der Waals surface area contributed by atoms with E-state index in [0.717, 1.165) is 25.1 Å². The van der Waals surface area contributed by atoms with Crippen molar-refractivity contribution >= 4 is 12.0 Å². The molecule has 4 rings (SSSR count). The first-order valence-corrected chi connectivity index (χ1v) is 11.3. The summed E-state index contributed by atoms with van der Waals surface area (Å²) in [6.07, 6.45) is 3.90. The number of amides is 2. The van der Waals surface area contributed by atoms with Crippen LogP contribution in [0.25, 0.3) is 0 Å². The zero-order chi connectivity index (χ0) is 24.2. The van der Waals surface area contributed by atoms with Gasteiger partial charge in [0.2, 0.25) is 0 Å². The highest BCUT2D eigenvalue weighted by molar-refractivity contribution is 5.95. The molecule has 1 aromatic carbocycles.